The van der Waals surface area contributed by atoms with Crippen LogP contribution in [-0.4, -0.2) is 21.7 Å². The lowest BCUT2D eigenvalue weighted by atomic mass is 10.1. The Morgan fingerprint density at radius 2 is 1.72 bits per heavy atom. The third-order valence-electron chi connectivity index (χ3n) is 4.56. The molecule has 4 N–H and O–H groups in total. The Morgan fingerprint density at radius 3 is 2.34 bits per heavy atom. The first-order valence-electron chi connectivity index (χ1n) is 9.06. The van der Waals surface area contributed by atoms with Gasteiger partial charge in [0, 0.05) is 23.5 Å². The van der Waals surface area contributed by atoms with Crippen molar-refractivity contribution < 1.29 is 14.0 Å². The van der Waals surface area contributed by atoms with Gasteiger partial charge in [0.05, 0.1) is 17.8 Å². The third kappa shape index (κ3) is 4.98. The van der Waals surface area contributed by atoms with Crippen LogP contribution in [0.25, 0.3) is 5.69 Å². The fraction of sp³-hybridized carbons (Fsp3) is 0.190. The van der Waals surface area contributed by atoms with Crippen LogP contribution in [0.5, 0.6) is 0 Å². The van der Waals surface area contributed by atoms with Crippen molar-refractivity contribution in [2.24, 2.45) is 5.73 Å². The zero-order valence-electron chi connectivity index (χ0n) is 16.2. The highest BCUT2D eigenvalue weighted by molar-refractivity contribution is 5.87. The SMILES string of the molecule is Cc1nn(-c2ccc(F)cc2)c(C)c1CC(=O)NCc1ccc(NC(N)=O)cc1. The van der Waals surface area contributed by atoms with Crippen LogP contribution in [0.15, 0.2) is 48.5 Å². The van der Waals surface area contributed by atoms with E-state index in [-0.39, 0.29) is 18.1 Å². The molecule has 0 bridgehead atoms. The van der Waals surface area contributed by atoms with Crippen LogP contribution in [0.1, 0.15) is 22.5 Å². The highest BCUT2D eigenvalue weighted by Crippen LogP contribution is 2.19. The second-order valence-corrected chi connectivity index (χ2v) is 6.68. The van der Waals surface area contributed by atoms with E-state index < -0.39 is 6.03 Å². The molecule has 0 saturated heterocycles. The molecule has 0 aliphatic heterocycles. The van der Waals surface area contributed by atoms with Crippen LogP contribution < -0.4 is 16.4 Å². The topological polar surface area (TPSA) is 102 Å². The molecular weight excluding hydrogens is 373 g/mol. The molecule has 29 heavy (non-hydrogen) atoms. The van der Waals surface area contributed by atoms with E-state index in [1.165, 1.54) is 12.1 Å². The summed E-state index contributed by atoms with van der Waals surface area (Å²) in [6.07, 6.45) is 0.195. The third-order valence-corrected chi connectivity index (χ3v) is 4.56. The largest absolute Gasteiger partial charge is 0.352 e. The van der Waals surface area contributed by atoms with Crippen molar-refractivity contribution in [1.82, 2.24) is 15.1 Å². The Labute approximate surface area is 167 Å². The van der Waals surface area contributed by atoms with Gasteiger partial charge in [-0.15, -0.1) is 0 Å². The highest BCUT2D eigenvalue weighted by atomic mass is 19.1. The number of aromatic nitrogens is 2. The van der Waals surface area contributed by atoms with Crippen molar-refractivity contribution in [2.75, 3.05) is 5.32 Å². The predicted octanol–water partition coefficient (Wildman–Crippen LogP) is 2.98. The average Bonchev–Trinajstić information content (AvgIpc) is 2.96. The van der Waals surface area contributed by atoms with E-state index in [2.05, 4.69) is 15.7 Å². The maximum absolute atomic E-state index is 13.2. The normalized spacial score (nSPS) is 10.6. The molecule has 3 amide bonds. The molecule has 8 heteroatoms. The lowest BCUT2D eigenvalue weighted by Gasteiger charge is -2.08. The van der Waals surface area contributed by atoms with Gasteiger partial charge in [-0.05, 0) is 55.8 Å². The number of hydrogen-bond donors (Lipinski definition) is 3. The molecule has 0 saturated carbocycles. The summed E-state index contributed by atoms with van der Waals surface area (Å²) in [5.74, 6) is -0.442. The number of nitrogens with zero attached hydrogens (tertiary/aromatic N) is 2. The maximum atomic E-state index is 13.2. The lowest BCUT2D eigenvalue weighted by molar-refractivity contribution is -0.120. The summed E-state index contributed by atoms with van der Waals surface area (Å²) < 4.78 is 14.9. The maximum Gasteiger partial charge on any atom is 0.316 e. The first-order valence-corrected chi connectivity index (χ1v) is 9.06. The van der Waals surface area contributed by atoms with Crippen molar-refractivity contribution in [2.45, 2.75) is 26.8 Å². The van der Waals surface area contributed by atoms with E-state index in [1.54, 1.807) is 41.1 Å². The van der Waals surface area contributed by atoms with Crippen LogP contribution in [-0.2, 0) is 17.8 Å². The number of aryl methyl sites for hydroxylation is 1. The zero-order chi connectivity index (χ0) is 21.0. The molecule has 0 fully saturated rings. The number of carbonyl (C=O) groups excluding carboxylic acids is 2. The van der Waals surface area contributed by atoms with Gasteiger partial charge in [0.2, 0.25) is 5.91 Å². The number of nitrogens with one attached hydrogen (secondary N) is 2. The fourth-order valence-corrected chi connectivity index (χ4v) is 3.04. The number of urea groups is 1. The van der Waals surface area contributed by atoms with Crippen molar-refractivity contribution in [3.63, 3.8) is 0 Å². The van der Waals surface area contributed by atoms with Gasteiger partial charge < -0.3 is 16.4 Å². The molecule has 0 radical (unpaired) electrons. The van der Waals surface area contributed by atoms with E-state index in [4.69, 9.17) is 5.73 Å². The summed E-state index contributed by atoms with van der Waals surface area (Å²) >= 11 is 0. The predicted molar refractivity (Wildman–Crippen MR) is 108 cm³/mol. The number of benzene rings is 2. The lowest BCUT2D eigenvalue weighted by Crippen LogP contribution is -2.25. The molecule has 0 aliphatic carbocycles. The molecule has 7 nitrogen and oxygen atoms in total. The Balaban J connectivity index is 1.63. The standard InChI is InChI=1S/C21H22FN5O2/c1-13-19(14(2)27(26-13)18-9-5-16(22)6-10-18)11-20(28)24-12-15-3-7-17(8-4-15)25-21(23)29/h3-10H,11-12H2,1-2H3,(H,24,28)(H3,23,25,29). The van der Waals surface area contributed by atoms with Crippen LogP contribution in [0.3, 0.4) is 0 Å². The minimum atomic E-state index is -0.627. The number of rotatable bonds is 6. The van der Waals surface area contributed by atoms with Crippen LogP contribution in [0.4, 0.5) is 14.9 Å². The number of carbonyl (C=O) groups is 2. The van der Waals surface area contributed by atoms with Gasteiger partial charge in [0.25, 0.3) is 0 Å². The van der Waals surface area contributed by atoms with Gasteiger partial charge in [-0.25, -0.2) is 13.9 Å². The van der Waals surface area contributed by atoms with Gasteiger partial charge >= 0.3 is 6.03 Å². The number of nitrogens with two attached hydrogens (primary N) is 1. The Morgan fingerprint density at radius 1 is 1.07 bits per heavy atom. The second kappa shape index (κ2) is 8.55. The van der Waals surface area contributed by atoms with E-state index in [0.29, 0.717) is 12.2 Å². The van der Waals surface area contributed by atoms with Crippen LogP contribution in [0, 0.1) is 19.7 Å². The minimum absolute atomic E-state index is 0.130. The molecule has 0 spiro atoms. The monoisotopic (exact) mass is 395 g/mol. The number of hydrogen-bond acceptors (Lipinski definition) is 3. The zero-order valence-corrected chi connectivity index (χ0v) is 16.2. The van der Waals surface area contributed by atoms with Gasteiger partial charge in [0.1, 0.15) is 5.82 Å². The molecule has 1 aromatic heterocycles. The summed E-state index contributed by atoms with van der Waals surface area (Å²) in [5.41, 5.74) is 9.73. The molecule has 0 unspecified atom stereocenters. The van der Waals surface area contributed by atoms with Crippen molar-refractivity contribution in [3.05, 3.63) is 76.9 Å². The first kappa shape index (κ1) is 20.1. The number of anilines is 1. The van der Waals surface area contributed by atoms with Crippen molar-refractivity contribution in [1.29, 1.82) is 0 Å². The van der Waals surface area contributed by atoms with E-state index in [1.807, 2.05) is 13.8 Å². The molecule has 3 rings (SSSR count). The van der Waals surface area contributed by atoms with E-state index in [0.717, 1.165) is 28.2 Å². The van der Waals surface area contributed by atoms with Gasteiger partial charge in [-0.3, -0.25) is 4.79 Å². The van der Waals surface area contributed by atoms with Crippen molar-refractivity contribution in [3.8, 4) is 5.69 Å². The first-order chi connectivity index (χ1) is 13.8. The Kier molecular flexibility index (Phi) is 5.92. The summed E-state index contributed by atoms with van der Waals surface area (Å²) in [6.45, 7) is 4.09. The molecule has 2 aromatic carbocycles. The Bertz CT molecular complexity index is 1030. The van der Waals surface area contributed by atoms with Gasteiger partial charge in [0.15, 0.2) is 0 Å². The molecule has 1 heterocycles. The van der Waals surface area contributed by atoms with E-state index in [9.17, 15) is 14.0 Å². The molecule has 0 atom stereocenters. The Hall–Kier alpha value is -3.68. The van der Waals surface area contributed by atoms with Crippen LogP contribution in [0.2, 0.25) is 0 Å². The number of primary amides is 1. The summed E-state index contributed by atoms with van der Waals surface area (Å²) in [7, 11) is 0. The van der Waals surface area contributed by atoms with Crippen molar-refractivity contribution >= 4 is 17.6 Å². The molecular formula is C21H22FN5O2. The van der Waals surface area contributed by atoms with Gasteiger partial charge in [-0.1, -0.05) is 12.1 Å². The summed E-state index contributed by atoms with van der Waals surface area (Å²) in [5, 5.41) is 9.85. The fourth-order valence-electron chi connectivity index (χ4n) is 3.04. The highest BCUT2D eigenvalue weighted by Gasteiger charge is 2.16. The number of amides is 3. The summed E-state index contributed by atoms with van der Waals surface area (Å²) in [6, 6.07) is 12.5. The van der Waals surface area contributed by atoms with E-state index >= 15 is 0 Å². The molecule has 150 valence electrons. The van der Waals surface area contributed by atoms with Gasteiger partial charge in [-0.2, -0.15) is 5.10 Å². The second-order valence-electron chi connectivity index (χ2n) is 6.68. The number of halogens is 1. The summed E-state index contributed by atoms with van der Waals surface area (Å²) in [4.78, 5) is 23.3. The quantitative estimate of drug-likeness (QED) is 0.598. The van der Waals surface area contributed by atoms with Crippen LogP contribution >= 0.6 is 0 Å². The minimum Gasteiger partial charge on any atom is -0.352 e. The molecule has 3 aromatic rings. The molecule has 0 aliphatic rings. The smallest absolute Gasteiger partial charge is 0.316 e. The average molecular weight is 395 g/mol.